The minimum atomic E-state index is -2.58. The molecule has 706 valence electrons. The molecule has 1 saturated heterocycles. The standard InChI is InChI=1S/C79H112N16O33/c1-6-32(2)60(94-69(115)40(11-7-8-19-80)84-67(113)39(81)21-54(83)107)77(123)93-48(29-100)71(117)87-43(20-35-13-15-36(104)16-14-35)70(116)85-41(17-18-53(82)106)68(114)88-44(25-96)72(118)89-45(26-97)73(119)90-46(27-98)74(120)91-47(28-99)75(121)92-49(30-101)76(122)95-61(33(3)103)78(124)86-42-22-55(127-34(4)62(42)108)128-51-24-79(125,52(105)31-102)23-38-57(51)66(112)59-58(64(38)110)63(109)37-10-9-12-50(126-5)56(37)65(59)111/h9-10,12-16,32-34,39-49,51,55,60-62,96-104,108,110,112,125H,6-8,11,17-31,80-81H2,1-5H3,(H2,82,106)(H2,83,107)(H,84,113)(H,85,116)(H,86,124)(H,87,117)(H,88,114)(H,89,118)(H,90,119)(H,91,120)(H,92,121)(H,93,123)(H,94,115)(H,95,122)/t32-,33+,34+,39-,40-,41-,42?,43-,44-,45-,46-,47-,48-,49-,51-,55+,60-,61-,62-,79-/m0/s1. The number of amides is 14. The summed E-state index contributed by atoms with van der Waals surface area (Å²) in [7, 11) is 1.21. The Bertz CT molecular complexity index is 4560. The molecule has 0 aromatic heterocycles. The van der Waals surface area contributed by atoms with Gasteiger partial charge in [-0.3, -0.25) is 81.5 Å². The molecule has 1 fully saturated rings. The fraction of sp³-hybridized carbons (Fsp3) is 0.557. The summed E-state index contributed by atoms with van der Waals surface area (Å²) in [5, 5.41) is 166. The number of primary amides is 2. The van der Waals surface area contributed by atoms with Crippen molar-refractivity contribution in [1.82, 2.24) is 63.8 Å². The van der Waals surface area contributed by atoms with Crippen LogP contribution in [0.1, 0.15) is 140 Å². The smallest absolute Gasteiger partial charge is 0.245 e. The zero-order chi connectivity index (χ0) is 95.6. The summed E-state index contributed by atoms with van der Waals surface area (Å²) in [5.41, 5.74) is 16.9. The minimum absolute atomic E-state index is 0.0177. The summed E-state index contributed by atoms with van der Waals surface area (Å²) in [6.07, 6.45) is -11.9. The first-order valence-electron chi connectivity index (χ1n) is 40.5. The molecule has 14 amide bonds. The molecule has 1 aliphatic heterocycles. The highest BCUT2D eigenvalue weighted by molar-refractivity contribution is 6.31. The van der Waals surface area contributed by atoms with Crippen LogP contribution in [0.3, 0.4) is 0 Å². The monoisotopic (exact) mass is 1810 g/mol. The number of benzene rings is 3. The van der Waals surface area contributed by atoms with E-state index in [9.17, 15) is 148 Å². The molecule has 0 radical (unpaired) electrons. The van der Waals surface area contributed by atoms with Crippen LogP contribution in [-0.2, 0) is 94.2 Å². The Hall–Kier alpha value is -12.1. The number of nitrogens with one attached hydrogen (secondary N) is 12. The third-order valence-corrected chi connectivity index (χ3v) is 21.5. The Morgan fingerprint density at radius 2 is 1.01 bits per heavy atom. The van der Waals surface area contributed by atoms with Gasteiger partial charge in [-0.1, -0.05) is 44.5 Å². The van der Waals surface area contributed by atoms with Crippen LogP contribution in [0.15, 0.2) is 42.5 Å². The van der Waals surface area contributed by atoms with Crippen molar-refractivity contribution in [3.63, 3.8) is 0 Å². The van der Waals surface area contributed by atoms with Gasteiger partial charge in [0.15, 0.2) is 17.9 Å². The molecule has 3 aromatic carbocycles. The number of fused-ring (bicyclic) bond motifs is 3. The molecule has 2 aliphatic carbocycles. The summed E-state index contributed by atoms with van der Waals surface area (Å²) in [5.74, 6) is -23.3. The number of ketones is 3. The van der Waals surface area contributed by atoms with Crippen molar-refractivity contribution in [2.75, 3.05) is 59.9 Å². The molecular weight excluding hydrogens is 1700 g/mol. The van der Waals surface area contributed by atoms with E-state index in [4.69, 9.17) is 37.1 Å². The Labute approximate surface area is 729 Å². The van der Waals surface area contributed by atoms with Crippen LogP contribution in [0, 0.1) is 5.92 Å². The molecule has 3 aromatic rings. The summed E-state index contributed by atoms with van der Waals surface area (Å²) in [6.45, 7) is -3.35. The fourth-order valence-corrected chi connectivity index (χ4v) is 14.1. The molecule has 49 nitrogen and oxygen atoms in total. The van der Waals surface area contributed by atoms with Gasteiger partial charge in [0.2, 0.25) is 88.5 Å². The number of aromatic hydroxyl groups is 3. The average Bonchev–Trinajstić information content (AvgIpc) is 0.708. The van der Waals surface area contributed by atoms with Gasteiger partial charge >= 0.3 is 0 Å². The van der Waals surface area contributed by atoms with Crippen LogP contribution in [0.2, 0.25) is 0 Å². The summed E-state index contributed by atoms with van der Waals surface area (Å²) < 4.78 is 17.4. The van der Waals surface area contributed by atoms with E-state index in [1.54, 1.807) is 13.8 Å². The number of carbonyl (C=O) groups is 17. The highest BCUT2D eigenvalue weighted by atomic mass is 16.7. The number of nitrogens with two attached hydrogens (primary N) is 4. The number of phenols is 3. The Morgan fingerprint density at radius 3 is 1.48 bits per heavy atom. The number of rotatable bonds is 49. The first kappa shape index (κ1) is 105. The maximum absolute atomic E-state index is 14.4. The molecule has 3 aliphatic rings. The van der Waals surface area contributed by atoms with Gasteiger partial charge in [-0.05, 0) is 75.8 Å². The third kappa shape index (κ3) is 27.0. The lowest BCUT2D eigenvalue weighted by molar-refractivity contribution is -0.249. The average molecular weight is 1810 g/mol. The summed E-state index contributed by atoms with van der Waals surface area (Å²) in [4.78, 5) is 231. The number of hydrogen-bond donors (Lipinski definition) is 29. The first-order chi connectivity index (χ1) is 60.4. The number of ether oxygens (including phenoxy) is 3. The summed E-state index contributed by atoms with van der Waals surface area (Å²) in [6, 6.07) is -15.0. The molecule has 49 heteroatoms. The van der Waals surface area contributed by atoms with Gasteiger partial charge in [0.25, 0.3) is 0 Å². The van der Waals surface area contributed by atoms with Gasteiger partial charge in [-0.15, -0.1) is 0 Å². The Balaban J connectivity index is 1.09. The van der Waals surface area contributed by atoms with E-state index >= 15 is 0 Å². The number of hydrogen-bond acceptors (Lipinski definition) is 35. The largest absolute Gasteiger partial charge is 0.508 e. The molecule has 33 N–H and O–H groups in total. The van der Waals surface area contributed by atoms with Crippen molar-refractivity contribution in [3.05, 3.63) is 81.4 Å². The minimum Gasteiger partial charge on any atom is -0.508 e. The number of carbonyl (C=O) groups excluding carboxylic acids is 17. The molecule has 6 rings (SSSR count). The van der Waals surface area contributed by atoms with Crippen LogP contribution in [0.5, 0.6) is 23.0 Å². The van der Waals surface area contributed by atoms with Gasteiger partial charge in [0, 0.05) is 48.8 Å². The van der Waals surface area contributed by atoms with Gasteiger partial charge in [-0.25, -0.2) is 0 Å². The third-order valence-electron chi connectivity index (χ3n) is 21.5. The van der Waals surface area contributed by atoms with Gasteiger partial charge in [0.05, 0.1) is 100 Å². The second-order valence-corrected chi connectivity index (χ2v) is 30.8. The van der Waals surface area contributed by atoms with Crippen molar-refractivity contribution < 1.29 is 162 Å². The lowest BCUT2D eigenvalue weighted by atomic mass is 9.72. The lowest BCUT2D eigenvalue weighted by Crippen LogP contribution is -2.63. The van der Waals surface area contributed by atoms with Crippen LogP contribution >= 0.6 is 0 Å². The number of methoxy groups -OCH3 is 1. The number of unbranched alkanes of at least 4 members (excludes halogenated alkanes) is 1. The highest BCUT2D eigenvalue weighted by Crippen LogP contribution is 2.53. The van der Waals surface area contributed by atoms with Gasteiger partial charge < -0.3 is 167 Å². The van der Waals surface area contributed by atoms with Crippen molar-refractivity contribution >= 4 is 100 Å². The SMILES string of the molecule is CC[C@H](C)[C@H](NC(=O)[C@H](CCCCN)NC(=O)[C@@H](N)CC(N)=O)C(=O)N[C@@H](CO)C(=O)N[C@@H](Cc1ccc(O)cc1)C(=O)N[C@@H](CCC(N)=O)C(=O)N[C@@H](CO)C(=O)N[C@@H](CO)C(=O)N[C@@H](CO)C(=O)N[C@@H](CO)C(=O)N[C@@H](CO)C(=O)N[C@H](C(=O)NC1C[C@@H](O[C@H]2C[C@](O)(C(=O)CO)Cc3c(O)c4c(c(O)c32)C(=O)c2c(OC)cccc2C4=O)O[C@H](C)[C@@H]1O)[C@@H](C)O. The summed E-state index contributed by atoms with van der Waals surface area (Å²) >= 11 is 0. The molecule has 1 unspecified atom stereocenters. The molecular formula is C79H112N16O33. The molecule has 0 bridgehead atoms. The Kier molecular flexibility index (Phi) is 39.4. The predicted octanol–water partition coefficient (Wildman–Crippen LogP) is -12.6. The number of aliphatic hydroxyl groups is 10. The van der Waals surface area contributed by atoms with E-state index in [2.05, 4.69) is 42.5 Å². The van der Waals surface area contributed by atoms with Crippen molar-refractivity contribution in [2.24, 2.45) is 28.9 Å². The number of phenolic OH excluding ortho intramolecular Hbond substituents is 3. The quantitative estimate of drug-likeness (QED) is 0.0144. The van der Waals surface area contributed by atoms with Crippen molar-refractivity contribution in [3.8, 4) is 23.0 Å². The molecule has 20 atom stereocenters. The van der Waals surface area contributed by atoms with E-state index in [1.807, 2.05) is 21.3 Å². The number of aliphatic hydroxyl groups excluding tert-OH is 9. The highest BCUT2D eigenvalue weighted by Gasteiger charge is 2.52. The van der Waals surface area contributed by atoms with Gasteiger partial charge in [-0.2, -0.15) is 0 Å². The fourth-order valence-electron chi connectivity index (χ4n) is 14.1. The first-order valence-corrected chi connectivity index (χ1v) is 40.5. The maximum Gasteiger partial charge on any atom is 0.245 e. The van der Waals surface area contributed by atoms with Crippen LogP contribution in [0.4, 0.5) is 0 Å². The van der Waals surface area contributed by atoms with Crippen LogP contribution in [-0.4, -0.2) is 335 Å². The zero-order valence-electron chi connectivity index (χ0n) is 70.2. The Morgan fingerprint density at radius 1 is 0.555 bits per heavy atom. The van der Waals surface area contributed by atoms with Crippen LogP contribution < -0.4 is 91.5 Å². The van der Waals surface area contributed by atoms with Gasteiger partial charge in [0.1, 0.15) is 108 Å². The molecule has 1 heterocycles. The maximum atomic E-state index is 14.4. The van der Waals surface area contributed by atoms with E-state index in [1.165, 1.54) is 56.5 Å². The molecule has 128 heavy (non-hydrogen) atoms. The number of Topliss-reactive ketones (excluding diaryl/α,β-unsaturated/α-hetero) is 1. The topological polar surface area (TPSA) is 829 Å². The molecule has 0 spiro atoms. The van der Waals surface area contributed by atoms with Crippen molar-refractivity contribution in [1.29, 1.82) is 0 Å². The lowest BCUT2D eigenvalue weighted by Gasteiger charge is -2.43. The van der Waals surface area contributed by atoms with E-state index in [0.717, 1.165) is 6.92 Å². The zero-order valence-corrected chi connectivity index (χ0v) is 70.2. The van der Waals surface area contributed by atoms with Crippen LogP contribution in [0.25, 0.3) is 0 Å². The molecule has 0 saturated carbocycles. The second-order valence-electron chi connectivity index (χ2n) is 30.8. The van der Waals surface area contributed by atoms with E-state index in [0.29, 0.717) is 12.8 Å². The second kappa shape index (κ2) is 48.2. The predicted molar refractivity (Wildman–Crippen MR) is 436 cm³/mol. The van der Waals surface area contributed by atoms with E-state index < -0.39 is 346 Å². The van der Waals surface area contributed by atoms with E-state index in [-0.39, 0.29) is 47.6 Å². The normalized spacial score (nSPS) is 20.2. The van der Waals surface area contributed by atoms with Crippen molar-refractivity contribution in [2.45, 2.75) is 213 Å².